The summed E-state index contributed by atoms with van der Waals surface area (Å²) in [5.41, 5.74) is 0. The summed E-state index contributed by atoms with van der Waals surface area (Å²) in [5.74, 6) is -2.49. The molecule has 0 aromatic heterocycles. The molecule has 1 amide bonds. The Labute approximate surface area is 289 Å². The van der Waals surface area contributed by atoms with Crippen LogP contribution in [0.25, 0.3) is 0 Å². The number of carboxylic acids is 2. The number of rotatable bonds is 24. The topological polar surface area (TPSA) is 189 Å². The summed E-state index contributed by atoms with van der Waals surface area (Å²) >= 11 is 0. The third-order valence-corrected chi connectivity index (χ3v) is 6.70. The van der Waals surface area contributed by atoms with E-state index in [9.17, 15) is 34.8 Å². The number of aliphatic hydroxyl groups is 2. The average molecular weight is 643 g/mol. The van der Waals surface area contributed by atoms with Gasteiger partial charge in [0.2, 0.25) is 5.91 Å². The van der Waals surface area contributed by atoms with Gasteiger partial charge in [0.15, 0.2) is 0 Å². The number of nitrogens with zero attached hydrogens (tertiary/aromatic N) is 3. The van der Waals surface area contributed by atoms with E-state index in [4.69, 9.17) is 5.11 Å². The van der Waals surface area contributed by atoms with Crippen molar-refractivity contribution in [3.63, 3.8) is 0 Å². The Morgan fingerprint density at radius 2 is 1.21 bits per heavy atom. The molecular weight excluding hydrogens is 584 g/mol. The maximum Gasteiger partial charge on any atom is 2.00 e. The van der Waals surface area contributed by atoms with E-state index in [1.54, 1.807) is 25.7 Å². The van der Waals surface area contributed by atoms with Gasteiger partial charge in [-0.1, -0.05) is 65.2 Å². The standard InChI is InChI=1S/2C15H30N2O4.Ca/c2*1-4-5-6-7-8-9-14(19)16-11-17(10-12(2)18)13(3)15(20)21;/h2*12-13,18H,4-11H2,1-3H3,(H,16,19)(H,20,21);/q;;+2/p-2. The molecule has 0 radical (unpaired) electrons. The molecular formula is C30H58CaN4O8. The zero-order valence-electron chi connectivity index (χ0n) is 27.6. The van der Waals surface area contributed by atoms with Crippen LogP contribution in [0.4, 0.5) is 0 Å². The number of carboxylic acid groups (broad SMARTS) is 2. The zero-order chi connectivity index (χ0) is 32.5. The van der Waals surface area contributed by atoms with Crippen LogP contribution in [-0.4, -0.2) is 137 Å². The number of aliphatic hydroxyl groups excluding tert-OH is 2. The maximum atomic E-state index is 11.7. The summed E-state index contributed by atoms with van der Waals surface area (Å²) in [5, 5.41) is 53.0. The van der Waals surface area contributed by atoms with Gasteiger partial charge in [0.25, 0.3) is 0 Å². The van der Waals surface area contributed by atoms with Gasteiger partial charge in [-0.15, -0.1) is 0 Å². The van der Waals surface area contributed by atoms with E-state index in [1.807, 2.05) is 0 Å². The van der Waals surface area contributed by atoms with Crippen molar-refractivity contribution >= 4 is 61.5 Å². The Balaban J connectivity index is -0.000000727. The summed E-state index contributed by atoms with van der Waals surface area (Å²) in [7, 11) is 0. The van der Waals surface area contributed by atoms with E-state index in [1.165, 1.54) is 31.1 Å². The number of aliphatic imine (C=N–C) groups is 1. The summed E-state index contributed by atoms with van der Waals surface area (Å²) in [6.45, 7) is 10.9. The van der Waals surface area contributed by atoms with Crippen LogP contribution in [-0.2, 0) is 14.4 Å². The molecule has 0 aliphatic carbocycles. The Morgan fingerprint density at radius 1 is 0.744 bits per heavy atom. The predicted molar refractivity (Wildman–Crippen MR) is 166 cm³/mol. The quantitative estimate of drug-likeness (QED) is 0.0390. The van der Waals surface area contributed by atoms with E-state index < -0.39 is 36.2 Å². The summed E-state index contributed by atoms with van der Waals surface area (Å²) in [4.78, 5) is 40.4. The first kappa shape index (κ1) is 46.4. The minimum Gasteiger partial charge on any atom is -0.862 e. The Morgan fingerprint density at radius 3 is 1.65 bits per heavy atom. The smallest absolute Gasteiger partial charge is 0.862 e. The van der Waals surface area contributed by atoms with Crippen molar-refractivity contribution in [1.82, 2.24) is 15.1 Å². The number of nitrogens with one attached hydrogen (secondary N) is 1. The fourth-order valence-electron chi connectivity index (χ4n) is 3.98. The molecule has 0 bridgehead atoms. The number of carbonyl (C=O) groups is 3. The van der Waals surface area contributed by atoms with Crippen LogP contribution in [0.5, 0.6) is 0 Å². The van der Waals surface area contributed by atoms with Crippen molar-refractivity contribution in [2.24, 2.45) is 4.99 Å². The van der Waals surface area contributed by atoms with Crippen molar-refractivity contribution in [3.8, 4) is 0 Å². The Hall–Kier alpha value is -1.02. The van der Waals surface area contributed by atoms with E-state index in [2.05, 4.69) is 24.2 Å². The first-order valence-electron chi connectivity index (χ1n) is 15.5. The second kappa shape index (κ2) is 29.7. The number of unbranched alkanes of at least 4 members (excludes halogenated alkanes) is 8. The van der Waals surface area contributed by atoms with Gasteiger partial charge in [-0.3, -0.25) is 24.4 Å². The van der Waals surface area contributed by atoms with Gasteiger partial charge in [0.05, 0.1) is 31.5 Å². The van der Waals surface area contributed by atoms with Crippen molar-refractivity contribution in [1.29, 1.82) is 0 Å². The predicted octanol–water partition coefficient (Wildman–Crippen LogP) is 1.08. The van der Waals surface area contributed by atoms with Gasteiger partial charge in [-0.25, -0.2) is 0 Å². The molecule has 0 aliphatic heterocycles. The first-order valence-corrected chi connectivity index (χ1v) is 15.5. The molecule has 0 aliphatic rings. The fraction of sp³-hybridized carbons (Fsp3) is 0.867. The first-order chi connectivity index (χ1) is 19.8. The van der Waals surface area contributed by atoms with Crippen molar-refractivity contribution < 1.29 is 39.9 Å². The summed E-state index contributed by atoms with van der Waals surface area (Å²) < 4.78 is 0. The number of aliphatic carboxylic acids is 2. The largest absolute Gasteiger partial charge is 2.00 e. The normalized spacial score (nSPS) is 14.2. The molecule has 43 heavy (non-hydrogen) atoms. The van der Waals surface area contributed by atoms with Gasteiger partial charge in [-0.05, 0) is 52.9 Å². The van der Waals surface area contributed by atoms with E-state index >= 15 is 0 Å². The second-order valence-corrected chi connectivity index (χ2v) is 11.0. The number of hydrogen-bond acceptors (Lipinski definition) is 10. The van der Waals surface area contributed by atoms with Crippen LogP contribution < -0.4 is 15.5 Å². The summed E-state index contributed by atoms with van der Waals surface area (Å²) in [6.07, 6.45) is 10.2. The van der Waals surface area contributed by atoms with Gasteiger partial charge in [0.1, 0.15) is 6.04 Å². The van der Waals surface area contributed by atoms with Crippen molar-refractivity contribution in [3.05, 3.63) is 0 Å². The van der Waals surface area contributed by atoms with Gasteiger partial charge in [0, 0.05) is 25.6 Å². The van der Waals surface area contributed by atoms with Crippen LogP contribution in [0.15, 0.2) is 4.99 Å². The number of carbonyl (C=O) groups excluding carboxylic acids is 2. The second-order valence-electron chi connectivity index (χ2n) is 11.0. The Kier molecular flexibility index (Phi) is 32.0. The van der Waals surface area contributed by atoms with Gasteiger partial charge < -0.3 is 35.6 Å². The molecule has 4 atom stereocenters. The van der Waals surface area contributed by atoms with Gasteiger partial charge >= 0.3 is 43.7 Å². The maximum absolute atomic E-state index is 11.7. The minimum atomic E-state index is -1.24. The van der Waals surface area contributed by atoms with Crippen LogP contribution in [0.3, 0.4) is 0 Å². The molecule has 0 aromatic carbocycles. The molecule has 13 heteroatoms. The molecule has 12 nitrogen and oxygen atoms in total. The van der Waals surface area contributed by atoms with Crippen LogP contribution in [0.2, 0.25) is 0 Å². The van der Waals surface area contributed by atoms with Crippen LogP contribution in [0.1, 0.15) is 119 Å². The molecule has 248 valence electrons. The number of amides is 1. The third kappa shape index (κ3) is 28.2. The molecule has 0 fully saturated rings. The zero-order valence-corrected chi connectivity index (χ0v) is 29.8. The van der Waals surface area contributed by atoms with Crippen LogP contribution >= 0.6 is 0 Å². The molecule has 0 heterocycles. The van der Waals surface area contributed by atoms with Crippen LogP contribution in [0, 0.1) is 0 Å². The Bertz CT molecular complexity index is 756. The minimum absolute atomic E-state index is 0. The molecule has 4 unspecified atom stereocenters. The molecule has 0 rings (SSSR count). The van der Waals surface area contributed by atoms with Crippen molar-refractivity contribution in [2.45, 2.75) is 143 Å². The molecule has 4 N–H and O–H groups in total. The van der Waals surface area contributed by atoms with E-state index in [0.717, 1.165) is 44.9 Å². The molecule has 0 saturated carbocycles. The fourth-order valence-corrected chi connectivity index (χ4v) is 3.98. The molecule has 0 aromatic rings. The summed E-state index contributed by atoms with van der Waals surface area (Å²) in [6, 6.07) is -1.63. The average Bonchev–Trinajstić information content (AvgIpc) is 2.92. The molecule has 0 saturated heterocycles. The van der Waals surface area contributed by atoms with Gasteiger partial charge in [-0.2, -0.15) is 0 Å². The third-order valence-electron chi connectivity index (χ3n) is 6.70. The monoisotopic (exact) mass is 642 g/mol. The van der Waals surface area contributed by atoms with Crippen molar-refractivity contribution in [2.75, 3.05) is 26.4 Å². The van der Waals surface area contributed by atoms with E-state index in [0.29, 0.717) is 12.8 Å². The SMILES string of the molecule is CCCCCCCC(=O)NCN(CC(C)O)C(C)C(=O)O.CCCCCCCC([O-])=NCN(CC(C)O)C(C)C(=O)[O-].[Ca+2]. The van der Waals surface area contributed by atoms with E-state index in [-0.39, 0.29) is 76.0 Å². The molecule has 0 spiro atoms. The number of hydrogen-bond donors (Lipinski definition) is 4.